The van der Waals surface area contributed by atoms with Crippen LogP contribution < -0.4 is 5.73 Å². The Balaban J connectivity index is 2.83. The van der Waals surface area contributed by atoms with Crippen LogP contribution in [0.4, 0.5) is 0 Å². The van der Waals surface area contributed by atoms with Crippen LogP contribution in [0.25, 0.3) is 0 Å². The Bertz CT molecular complexity index is 230. The number of aromatic nitrogens is 1. The monoisotopic (exact) mass is 154 g/mol. The molecule has 1 heterocycles. The highest BCUT2D eigenvalue weighted by Crippen LogP contribution is 2.10. The molecular weight excluding hydrogens is 140 g/mol. The van der Waals surface area contributed by atoms with Crippen LogP contribution in [0, 0.1) is 6.92 Å². The topological polar surface area (TPSA) is 52.0 Å². The second kappa shape index (κ2) is 3.53. The number of nitrogens with zero attached hydrogens (tertiary/aromatic N) is 1. The molecule has 0 atom stereocenters. The second-order valence-electron chi connectivity index (χ2n) is 2.49. The van der Waals surface area contributed by atoms with Crippen molar-refractivity contribution in [2.45, 2.75) is 26.7 Å². The SMILES string of the molecule is CCc1nc(C)oc1CCN. The van der Waals surface area contributed by atoms with Gasteiger partial charge in [0.05, 0.1) is 5.69 Å². The van der Waals surface area contributed by atoms with Gasteiger partial charge in [-0.3, -0.25) is 0 Å². The predicted molar refractivity (Wildman–Crippen MR) is 43.4 cm³/mol. The minimum Gasteiger partial charge on any atom is -0.446 e. The summed E-state index contributed by atoms with van der Waals surface area (Å²) in [5.74, 6) is 1.69. The molecule has 11 heavy (non-hydrogen) atoms. The number of oxazole rings is 1. The van der Waals surface area contributed by atoms with Gasteiger partial charge in [0.1, 0.15) is 5.76 Å². The number of hydrogen-bond donors (Lipinski definition) is 1. The molecule has 0 aliphatic heterocycles. The fraction of sp³-hybridized carbons (Fsp3) is 0.625. The van der Waals surface area contributed by atoms with Crippen molar-refractivity contribution in [3.63, 3.8) is 0 Å². The second-order valence-corrected chi connectivity index (χ2v) is 2.49. The third-order valence-electron chi connectivity index (χ3n) is 1.59. The van der Waals surface area contributed by atoms with Crippen LogP contribution in [0.15, 0.2) is 4.42 Å². The average molecular weight is 154 g/mol. The van der Waals surface area contributed by atoms with Gasteiger partial charge in [-0.25, -0.2) is 4.98 Å². The Morgan fingerprint density at radius 1 is 1.55 bits per heavy atom. The van der Waals surface area contributed by atoms with E-state index in [2.05, 4.69) is 11.9 Å². The Kier molecular flexibility index (Phi) is 2.65. The van der Waals surface area contributed by atoms with Gasteiger partial charge in [0.2, 0.25) is 0 Å². The van der Waals surface area contributed by atoms with E-state index < -0.39 is 0 Å². The van der Waals surface area contributed by atoms with Crippen molar-refractivity contribution in [1.82, 2.24) is 4.98 Å². The van der Waals surface area contributed by atoms with Gasteiger partial charge < -0.3 is 10.2 Å². The zero-order valence-corrected chi connectivity index (χ0v) is 7.05. The third-order valence-corrected chi connectivity index (χ3v) is 1.59. The normalized spacial score (nSPS) is 10.5. The van der Waals surface area contributed by atoms with Gasteiger partial charge in [0.25, 0.3) is 0 Å². The highest BCUT2D eigenvalue weighted by Gasteiger charge is 2.06. The molecule has 3 heteroatoms. The first-order chi connectivity index (χ1) is 5.27. The molecule has 0 aromatic carbocycles. The van der Waals surface area contributed by atoms with E-state index in [9.17, 15) is 0 Å². The molecule has 0 unspecified atom stereocenters. The van der Waals surface area contributed by atoms with Crippen LogP contribution in [0.1, 0.15) is 24.3 Å². The number of rotatable bonds is 3. The van der Waals surface area contributed by atoms with Crippen molar-refractivity contribution in [2.75, 3.05) is 6.54 Å². The highest BCUT2D eigenvalue weighted by molar-refractivity contribution is 5.09. The van der Waals surface area contributed by atoms with Crippen LogP contribution in [0.2, 0.25) is 0 Å². The summed E-state index contributed by atoms with van der Waals surface area (Å²) in [5, 5.41) is 0. The van der Waals surface area contributed by atoms with Gasteiger partial charge in [0, 0.05) is 13.3 Å². The van der Waals surface area contributed by atoms with Crippen LogP contribution in [0.5, 0.6) is 0 Å². The van der Waals surface area contributed by atoms with E-state index >= 15 is 0 Å². The molecule has 62 valence electrons. The minimum absolute atomic E-state index is 0.627. The lowest BCUT2D eigenvalue weighted by atomic mass is 10.2. The van der Waals surface area contributed by atoms with Crippen LogP contribution >= 0.6 is 0 Å². The van der Waals surface area contributed by atoms with E-state index in [0.29, 0.717) is 6.54 Å². The molecule has 0 saturated heterocycles. The Hall–Kier alpha value is -0.830. The van der Waals surface area contributed by atoms with E-state index in [1.54, 1.807) is 0 Å². The fourth-order valence-corrected chi connectivity index (χ4v) is 1.12. The number of aryl methyl sites for hydroxylation is 2. The molecule has 0 aliphatic rings. The minimum atomic E-state index is 0.627. The summed E-state index contributed by atoms with van der Waals surface area (Å²) in [6, 6.07) is 0. The van der Waals surface area contributed by atoms with Crippen molar-refractivity contribution in [2.24, 2.45) is 5.73 Å². The molecule has 0 amide bonds. The molecule has 0 bridgehead atoms. The predicted octanol–water partition coefficient (Wildman–Crippen LogP) is 1.05. The molecule has 2 N–H and O–H groups in total. The Morgan fingerprint density at radius 3 is 2.82 bits per heavy atom. The summed E-state index contributed by atoms with van der Waals surface area (Å²) in [7, 11) is 0. The average Bonchev–Trinajstić information content (AvgIpc) is 2.32. The quantitative estimate of drug-likeness (QED) is 0.707. The van der Waals surface area contributed by atoms with Crippen LogP contribution in [-0.4, -0.2) is 11.5 Å². The van der Waals surface area contributed by atoms with Crippen LogP contribution in [-0.2, 0) is 12.8 Å². The highest BCUT2D eigenvalue weighted by atomic mass is 16.4. The van der Waals surface area contributed by atoms with Crippen molar-refractivity contribution >= 4 is 0 Å². The van der Waals surface area contributed by atoms with E-state index in [1.165, 1.54) is 0 Å². The largest absolute Gasteiger partial charge is 0.446 e. The molecule has 0 spiro atoms. The third kappa shape index (κ3) is 1.80. The first-order valence-corrected chi connectivity index (χ1v) is 3.93. The summed E-state index contributed by atoms with van der Waals surface area (Å²) < 4.78 is 5.35. The van der Waals surface area contributed by atoms with Crippen molar-refractivity contribution < 1.29 is 4.42 Å². The first kappa shape index (κ1) is 8.27. The molecule has 0 fully saturated rings. The summed E-state index contributed by atoms with van der Waals surface area (Å²) in [5.41, 5.74) is 6.45. The van der Waals surface area contributed by atoms with Gasteiger partial charge in [-0.1, -0.05) is 6.92 Å². The zero-order valence-electron chi connectivity index (χ0n) is 7.05. The van der Waals surface area contributed by atoms with E-state index in [0.717, 1.165) is 30.2 Å². The fourth-order valence-electron chi connectivity index (χ4n) is 1.12. The molecule has 1 aromatic rings. The summed E-state index contributed by atoms with van der Waals surface area (Å²) in [6.07, 6.45) is 1.72. The maximum absolute atomic E-state index is 5.41. The standard InChI is InChI=1S/C8H14N2O/c1-3-7-8(4-5-9)11-6(2)10-7/h3-5,9H2,1-2H3. The smallest absolute Gasteiger partial charge is 0.191 e. The lowest BCUT2D eigenvalue weighted by Gasteiger charge is -1.93. The lowest BCUT2D eigenvalue weighted by Crippen LogP contribution is -2.03. The Labute approximate surface area is 66.6 Å². The first-order valence-electron chi connectivity index (χ1n) is 3.93. The van der Waals surface area contributed by atoms with E-state index in [4.69, 9.17) is 10.2 Å². The molecule has 3 nitrogen and oxygen atoms in total. The molecule has 0 aliphatic carbocycles. The van der Waals surface area contributed by atoms with E-state index in [-0.39, 0.29) is 0 Å². The molecule has 1 rings (SSSR count). The van der Waals surface area contributed by atoms with Gasteiger partial charge in [-0.05, 0) is 13.0 Å². The van der Waals surface area contributed by atoms with Gasteiger partial charge >= 0.3 is 0 Å². The summed E-state index contributed by atoms with van der Waals surface area (Å²) >= 11 is 0. The summed E-state index contributed by atoms with van der Waals surface area (Å²) in [6.45, 7) is 4.55. The number of nitrogens with two attached hydrogens (primary N) is 1. The van der Waals surface area contributed by atoms with Gasteiger partial charge in [-0.2, -0.15) is 0 Å². The van der Waals surface area contributed by atoms with Gasteiger partial charge in [0.15, 0.2) is 5.89 Å². The lowest BCUT2D eigenvalue weighted by molar-refractivity contribution is 0.474. The molecular formula is C8H14N2O. The maximum atomic E-state index is 5.41. The zero-order chi connectivity index (χ0) is 8.27. The molecule has 1 aromatic heterocycles. The van der Waals surface area contributed by atoms with Crippen molar-refractivity contribution in [3.8, 4) is 0 Å². The maximum Gasteiger partial charge on any atom is 0.191 e. The van der Waals surface area contributed by atoms with Crippen LogP contribution in [0.3, 0.4) is 0 Å². The van der Waals surface area contributed by atoms with E-state index in [1.807, 2.05) is 6.92 Å². The van der Waals surface area contributed by atoms with Crippen molar-refractivity contribution in [3.05, 3.63) is 17.3 Å². The molecule has 0 saturated carbocycles. The summed E-state index contributed by atoms with van der Waals surface area (Å²) in [4.78, 5) is 4.23. The Morgan fingerprint density at radius 2 is 2.27 bits per heavy atom. The van der Waals surface area contributed by atoms with Crippen molar-refractivity contribution in [1.29, 1.82) is 0 Å². The van der Waals surface area contributed by atoms with Gasteiger partial charge in [-0.15, -0.1) is 0 Å². The molecule has 0 radical (unpaired) electrons. The number of hydrogen-bond acceptors (Lipinski definition) is 3.